The van der Waals surface area contributed by atoms with Crippen LogP contribution < -0.4 is 9.47 Å². The third-order valence-electron chi connectivity index (χ3n) is 3.67. The highest BCUT2D eigenvalue weighted by atomic mass is 32.2. The molecule has 2 heterocycles. The van der Waals surface area contributed by atoms with Gasteiger partial charge in [-0.25, -0.2) is 9.38 Å². The van der Waals surface area contributed by atoms with Crippen molar-refractivity contribution in [3.8, 4) is 11.5 Å². The molecular weight excluding hydrogens is 331 g/mol. The highest BCUT2D eigenvalue weighted by molar-refractivity contribution is 8.15. The molecule has 0 aliphatic carbocycles. The molecule has 2 aliphatic rings. The number of hydrogen-bond acceptors (Lipinski definition) is 5. The van der Waals surface area contributed by atoms with Crippen LogP contribution in [0.5, 0.6) is 11.5 Å². The van der Waals surface area contributed by atoms with Crippen molar-refractivity contribution in [3.63, 3.8) is 0 Å². The minimum atomic E-state index is -0.353. The molecule has 7 heteroatoms. The smallest absolute Gasteiger partial charge is 0.239 e. The second-order valence-electron chi connectivity index (χ2n) is 5.33. The maximum atomic E-state index is 13.3. The summed E-state index contributed by atoms with van der Waals surface area (Å²) < 4.78 is 24.0. The number of fused-ring (bicyclic) bond motifs is 1. The maximum Gasteiger partial charge on any atom is 0.239 e. The predicted molar refractivity (Wildman–Crippen MR) is 89.1 cm³/mol. The Morgan fingerprint density at radius 2 is 2.04 bits per heavy atom. The summed E-state index contributed by atoms with van der Waals surface area (Å²) in [6.45, 7) is 0.597. The van der Waals surface area contributed by atoms with Crippen molar-refractivity contribution < 1.29 is 18.7 Å². The minimum absolute atomic E-state index is 0.0205. The van der Waals surface area contributed by atoms with Crippen LogP contribution >= 0.6 is 11.8 Å². The van der Waals surface area contributed by atoms with E-state index in [2.05, 4.69) is 4.99 Å². The van der Waals surface area contributed by atoms with Gasteiger partial charge in [-0.2, -0.15) is 0 Å². The van der Waals surface area contributed by atoms with Crippen molar-refractivity contribution in [2.24, 2.45) is 4.99 Å². The van der Waals surface area contributed by atoms with Gasteiger partial charge in [0.15, 0.2) is 16.7 Å². The zero-order chi connectivity index (χ0) is 16.5. The SMILES string of the molecule is O=C1CSC(=Nc2cccc(F)c2)N1Cc1ccc2c(c1)OCO2. The maximum absolute atomic E-state index is 13.3. The molecule has 24 heavy (non-hydrogen) atoms. The molecule has 0 aromatic heterocycles. The van der Waals surface area contributed by atoms with E-state index in [9.17, 15) is 9.18 Å². The predicted octanol–water partition coefficient (Wildman–Crippen LogP) is 3.32. The molecule has 0 spiro atoms. The summed E-state index contributed by atoms with van der Waals surface area (Å²) in [4.78, 5) is 18.2. The van der Waals surface area contributed by atoms with E-state index in [1.165, 1.54) is 23.9 Å². The molecule has 2 aromatic carbocycles. The summed E-state index contributed by atoms with van der Waals surface area (Å²) in [5.41, 5.74) is 1.41. The van der Waals surface area contributed by atoms with Gasteiger partial charge in [0.1, 0.15) is 5.82 Å². The van der Waals surface area contributed by atoms with Gasteiger partial charge in [-0.1, -0.05) is 23.9 Å². The standard InChI is InChI=1S/C17H13FN2O3S/c18-12-2-1-3-13(7-12)19-17-20(16(21)9-24-17)8-11-4-5-14-15(6-11)23-10-22-14/h1-7H,8-10H2. The third-order valence-corrected chi connectivity index (χ3v) is 4.63. The van der Waals surface area contributed by atoms with Crippen molar-refractivity contribution in [2.75, 3.05) is 12.5 Å². The summed E-state index contributed by atoms with van der Waals surface area (Å²) in [5.74, 6) is 1.34. The zero-order valence-electron chi connectivity index (χ0n) is 12.6. The first-order valence-corrected chi connectivity index (χ1v) is 8.33. The molecule has 122 valence electrons. The lowest BCUT2D eigenvalue weighted by Gasteiger charge is -2.16. The fraction of sp³-hybridized carbons (Fsp3) is 0.176. The number of amidine groups is 1. The molecule has 2 aromatic rings. The third kappa shape index (κ3) is 2.94. The topological polar surface area (TPSA) is 51.1 Å². The Kier molecular flexibility index (Phi) is 3.86. The van der Waals surface area contributed by atoms with Crippen molar-refractivity contribution in [3.05, 3.63) is 53.8 Å². The van der Waals surface area contributed by atoms with Crippen LogP contribution in [-0.2, 0) is 11.3 Å². The fourth-order valence-electron chi connectivity index (χ4n) is 2.52. The van der Waals surface area contributed by atoms with E-state index in [-0.39, 0.29) is 18.5 Å². The quantitative estimate of drug-likeness (QED) is 0.857. The molecule has 0 radical (unpaired) electrons. The lowest BCUT2D eigenvalue weighted by Crippen LogP contribution is -2.28. The summed E-state index contributed by atoms with van der Waals surface area (Å²) >= 11 is 1.35. The highest BCUT2D eigenvalue weighted by Gasteiger charge is 2.28. The first-order chi connectivity index (χ1) is 11.7. The largest absolute Gasteiger partial charge is 0.454 e. The summed E-state index contributed by atoms with van der Waals surface area (Å²) in [7, 11) is 0. The molecule has 0 bridgehead atoms. The Bertz CT molecular complexity index is 840. The van der Waals surface area contributed by atoms with Gasteiger partial charge >= 0.3 is 0 Å². The van der Waals surface area contributed by atoms with Gasteiger partial charge in [0, 0.05) is 0 Å². The van der Waals surface area contributed by atoms with E-state index in [1.54, 1.807) is 17.0 Å². The average Bonchev–Trinajstić information content (AvgIpc) is 3.16. The average molecular weight is 344 g/mol. The van der Waals surface area contributed by atoms with Gasteiger partial charge < -0.3 is 9.47 Å². The Morgan fingerprint density at radius 1 is 1.17 bits per heavy atom. The van der Waals surface area contributed by atoms with Crippen LogP contribution in [0, 0.1) is 5.82 Å². The van der Waals surface area contributed by atoms with Crippen LogP contribution in [0.2, 0.25) is 0 Å². The number of carbonyl (C=O) groups is 1. The summed E-state index contributed by atoms with van der Waals surface area (Å²) in [6.07, 6.45) is 0. The van der Waals surface area contributed by atoms with Gasteiger partial charge in [0.2, 0.25) is 12.7 Å². The number of amides is 1. The van der Waals surface area contributed by atoms with Gasteiger partial charge in [0.05, 0.1) is 18.0 Å². The van der Waals surface area contributed by atoms with E-state index >= 15 is 0 Å². The van der Waals surface area contributed by atoms with Crippen LogP contribution in [0.4, 0.5) is 10.1 Å². The monoisotopic (exact) mass is 344 g/mol. The van der Waals surface area contributed by atoms with Crippen molar-refractivity contribution in [2.45, 2.75) is 6.54 Å². The van der Waals surface area contributed by atoms with Crippen LogP contribution in [0.1, 0.15) is 5.56 Å². The molecule has 5 nitrogen and oxygen atoms in total. The van der Waals surface area contributed by atoms with E-state index in [1.807, 2.05) is 18.2 Å². The van der Waals surface area contributed by atoms with Crippen LogP contribution in [0.15, 0.2) is 47.5 Å². The lowest BCUT2D eigenvalue weighted by molar-refractivity contribution is -0.124. The number of nitrogens with zero attached hydrogens (tertiary/aromatic N) is 2. The second-order valence-corrected chi connectivity index (χ2v) is 6.27. The lowest BCUT2D eigenvalue weighted by atomic mass is 10.2. The van der Waals surface area contributed by atoms with Crippen LogP contribution in [0.3, 0.4) is 0 Å². The van der Waals surface area contributed by atoms with Gasteiger partial charge in [-0.15, -0.1) is 0 Å². The Morgan fingerprint density at radius 3 is 2.92 bits per heavy atom. The number of thioether (sulfide) groups is 1. The fourth-order valence-corrected chi connectivity index (χ4v) is 3.42. The van der Waals surface area contributed by atoms with E-state index in [0.717, 1.165) is 5.56 Å². The first-order valence-electron chi connectivity index (χ1n) is 7.35. The number of halogens is 1. The zero-order valence-corrected chi connectivity index (χ0v) is 13.4. The number of ether oxygens (including phenoxy) is 2. The van der Waals surface area contributed by atoms with E-state index in [0.29, 0.717) is 34.7 Å². The molecule has 0 atom stereocenters. The molecule has 1 fully saturated rings. The molecule has 4 rings (SSSR count). The van der Waals surface area contributed by atoms with Crippen LogP contribution in [0.25, 0.3) is 0 Å². The van der Waals surface area contributed by atoms with Crippen molar-refractivity contribution in [1.29, 1.82) is 0 Å². The Labute approximate surface area is 142 Å². The van der Waals surface area contributed by atoms with E-state index < -0.39 is 0 Å². The second kappa shape index (κ2) is 6.16. The molecular formula is C17H13FN2O3S. The summed E-state index contributed by atoms with van der Waals surface area (Å²) in [6, 6.07) is 11.6. The molecule has 2 aliphatic heterocycles. The van der Waals surface area contributed by atoms with Gasteiger partial charge in [-0.05, 0) is 35.9 Å². The van der Waals surface area contributed by atoms with Gasteiger partial charge in [-0.3, -0.25) is 9.69 Å². The molecule has 0 unspecified atom stereocenters. The molecule has 0 N–H and O–H groups in total. The first kappa shape index (κ1) is 15.0. The molecule has 1 saturated heterocycles. The number of hydrogen-bond donors (Lipinski definition) is 0. The summed E-state index contributed by atoms with van der Waals surface area (Å²) in [5, 5.41) is 0.572. The van der Waals surface area contributed by atoms with Gasteiger partial charge in [0.25, 0.3) is 0 Å². The highest BCUT2D eigenvalue weighted by Crippen LogP contribution is 2.33. The minimum Gasteiger partial charge on any atom is -0.454 e. The van der Waals surface area contributed by atoms with Crippen molar-refractivity contribution >= 4 is 28.5 Å². The normalized spacial score (nSPS) is 17.8. The molecule has 0 saturated carbocycles. The number of rotatable bonds is 3. The number of carbonyl (C=O) groups excluding carboxylic acids is 1. The number of benzene rings is 2. The Balaban J connectivity index is 1.59. The van der Waals surface area contributed by atoms with Crippen molar-refractivity contribution in [1.82, 2.24) is 4.90 Å². The number of aliphatic imine (C=N–C) groups is 1. The Hall–Kier alpha value is -2.54. The molecule has 1 amide bonds. The van der Waals surface area contributed by atoms with Crippen LogP contribution in [-0.4, -0.2) is 28.5 Å². The van der Waals surface area contributed by atoms with E-state index in [4.69, 9.17) is 9.47 Å².